The van der Waals surface area contributed by atoms with Crippen molar-refractivity contribution in [1.82, 2.24) is 0 Å². The normalized spacial score (nSPS) is 34.9. The van der Waals surface area contributed by atoms with E-state index in [1.165, 1.54) is 29.5 Å². The Morgan fingerprint density at radius 2 is 1.74 bits per heavy atom. The van der Waals surface area contributed by atoms with E-state index in [0.717, 1.165) is 12.8 Å². The van der Waals surface area contributed by atoms with E-state index in [0.29, 0.717) is 6.42 Å². The number of carbonyl (C=O) groups excluding carboxylic acids is 1. The molecule has 0 radical (unpaired) electrons. The fraction of sp³-hybridized carbons (Fsp3) is 0.625. The van der Waals surface area contributed by atoms with Gasteiger partial charge in [-0.3, -0.25) is 0 Å². The molecule has 1 aromatic carbocycles. The highest BCUT2D eigenvalue weighted by molar-refractivity contribution is 5.88. The van der Waals surface area contributed by atoms with E-state index in [-0.39, 0.29) is 22.2 Å². The van der Waals surface area contributed by atoms with E-state index in [1.54, 1.807) is 7.11 Å². The lowest BCUT2D eigenvalue weighted by atomic mass is 9.62. The smallest absolute Gasteiger partial charge is 0.386 e. The van der Waals surface area contributed by atoms with Crippen LogP contribution < -0.4 is 0 Å². The summed E-state index contributed by atoms with van der Waals surface area (Å²) in [5, 5.41) is 0. The Kier molecular flexibility index (Phi) is 3.86. The van der Waals surface area contributed by atoms with E-state index in [9.17, 15) is 4.79 Å². The van der Waals surface area contributed by atoms with Gasteiger partial charge in [0.1, 0.15) is 0 Å². The highest BCUT2D eigenvalue weighted by Crippen LogP contribution is 2.69. The van der Waals surface area contributed by atoms with Crippen molar-refractivity contribution in [3.05, 3.63) is 34.9 Å². The third-order valence-electron chi connectivity index (χ3n) is 7.68. The van der Waals surface area contributed by atoms with Crippen LogP contribution in [0.4, 0.5) is 0 Å². The Labute approximate surface area is 162 Å². The zero-order valence-electron chi connectivity index (χ0n) is 17.1. The monoisotopic (exact) mass is 366 g/mol. The van der Waals surface area contributed by atoms with Gasteiger partial charge in [-0.15, -0.1) is 6.42 Å². The SMILES string of the molecule is C#CC(=O)OC1(OC)CCC2(c3ccc4c(c3)C(C)(C)CCC4(C)C)CC12. The zero-order chi connectivity index (χ0) is 19.7. The number of benzene rings is 1. The molecule has 3 aliphatic rings. The summed E-state index contributed by atoms with van der Waals surface area (Å²) in [7, 11) is 1.62. The lowest BCUT2D eigenvalue weighted by molar-refractivity contribution is -0.223. The van der Waals surface area contributed by atoms with Crippen molar-refractivity contribution in [3.63, 3.8) is 0 Å². The van der Waals surface area contributed by atoms with Gasteiger partial charge in [0, 0.05) is 30.8 Å². The molecular formula is C24H30O3. The number of methoxy groups -OCH3 is 1. The number of carbonyl (C=O) groups is 1. The van der Waals surface area contributed by atoms with Crippen LogP contribution in [-0.2, 0) is 30.5 Å². The molecule has 27 heavy (non-hydrogen) atoms. The fourth-order valence-corrected chi connectivity index (χ4v) is 5.69. The van der Waals surface area contributed by atoms with Crippen LogP contribution in [0, 0.1) is 18.3 Å². The summed E-state index contributed by atoms with van der Waals surface area (Å²) in [6.07, 6.45) is 10.3. The molecule has 2 saturated carbocycles. The first-order valence-corrected chi connectivity index (χ1v) is 10.0. The van der Waals surface area contributed by atoms with Gasteiger partial charge in [-0.2, -0.15) is 0 Å². The minimum atomic E-state index is -0.867. The van der Waals surface area contributed by atoms with Crippen LogP contribution >= 0.6 is 0 Å². The minimum absolute atomic E-state index is 0.0532. The summed E-state index contributed by atoms with van der Waals surface area (Å²) in [6.45, 7) is 9.42. The Balaban J connectivity index is 1.71. The van der Waals surface area contributed by atoms with Crippen LogP contribution in [-0.4, -0.2) is 18.9 Å². The molecule has 1 aromatic rings. The maximum absolute atomic E-state index is 11.7. The molecule has 0 aliphatic heterocycles. The first kappa shape index (κ1) is 18.6. The Morgan fingerprint density at radius 1 is 1.07 bits per heavy atom. The molecule has 3 atom stereocenters. The maximum Gasteiger partial charge on any atom is 0.386 e. The molecule has 0 bridgehead atoms. The molecule has 4 rings (SSSR count). The zero-order valence-corrected chi connectivity index (χ0v) is 17.1. The maximum atomic E-state index is 11.7. The summed E-state index contributed by atoms with van der Waals surface area (Å²) in [4.78, 5) is 11.7. The van der Waals surface area contributed by atoms with Crippen LogP contribution in [0.5, 0.6) is 0 Å². The number of esters is 1. The summed E-state index contributed by atoms with van der Waals surface area (Å²) in [5.41, 5.74) is 4.79. The molecule has 0 aromatic heterocycles. The van der Waals surface area contributed by atoms with E-state index in [4.69, 9.17) is 15.9 Å². The molecule has 3 unspecified atom stereocenters. The third-order valence-corrected chi connectivity index (χ3v) is 7.68. The second-order valence-corrected chi connectivity index (χ2v) is 9.99. The molecule has 0 N–H and O–H groups in total. The van der Waals surface area contributed by atoms with Gasteiger partial charge in [0.15, 0.2) is 0 Å². The molecule has 2 fully saturated rings. The molecule has 0 saturated heterocycles. The summed E-state index contributed by atoms with van der Waals surface area (Å²) < 4.78 is 11.3. The van der Waals surface area contributed by atoms with Crippen LogP contribution in [0.2, 0.25) is 0 Å². The quantitative estimate of drug-likeness (QED) is 0.339. The first-order chi connectivity index (χ1) is 12.6. The van der Waals surface area contributed by atoms with E-state index in [2.05, 4.69) is 51.8 Å². The van der Waals surface area contributed by atoms with Gasteiger partial charge in [-0.1, -0.05) is 45.9 Å². The average Bonchev–Trinajstić information content (AvgIpc) is 3.32. The van der Waals surface area contributed by atoms with Gasteiger partial charge >= 0.3 is 5.97 Å². The lowest BCUT2D eigenvalue weighted by Gasteiger charge is -2.42. The van der Waals surface area contributed by atoms with Crippen molar-refractivity contribution in [2.45, 2.75) is 81.8 Å². The molecule has 3 aliphatic carbocycles. The van der Waals surface area contributed by atoms with Crippen molar-refractivity contribution < 1.29 is 14.3 Å². The second kappa shape index (κ2) is 5.61. The topological polar surface area (TPSA) is 35.5 Å². The Hall–Kier alpha value is -1.79. The number of hydrogen-bond donors (Lipinski definition) is 0. The van der Waals surface area contributed by atoms with Crippen molar-refractivity contribution in [2.75, 3.05) is 7.11 Å². The van der Waals surface area contributed by atoms with Crippen molar-refractivity contribution in [3.8, 4) is 12.3 Å². The fourth-order valence-electron chi connectivity index (χ4n) is 5.69. The number of fused-ring (bicyclic) bond motifs is 2. The van der Waals surface area contributed by atoms with Crippen molar-refractivity contribution >= 4 is 5.97 Å². The van der Waals surface area contributed by atoms with E-state index >= 15 is 0 Å². The lowest BCUT2D eigenvalue weighted by Crippen LogP contribution is -2.37. The number of hydrogen-bond acceptors (Lipinski definition) is 3. The van der Waals surface area contributed by atoms with Gasteiger partial charge in [0.2, 0.25) is 5.79 Å². The molecule has 3 heteroatoms. The molecular weight excluding hydrogens is 336 g/mol. The van der Waals surface area contributed by atoms with Gasteiger partial charge in [0.05, 0.1) is 0 Å². The largest absolute Gasteiger partial charge is 0.423 e. The average molecular weight is 367 g/mol. The van der Waals surface area contributed by atoms with E-state index < -0.39 is 11.8 Å². The van der Waals surface area contributed by atoms with Gasteiger partial charge in [0.25, 0.3) is 0 Å². The first-order valence-electron chi connectivity index (χ1n) is 10.0. The third kappa shape index (κ3) is 2.57. The molecule has 0 amide bonds. The highest BCUT2D eigenvalue weighted by atomic mass is 16.7. The van der Waals surface area contributed by atoms with Crippen molar-refractivity contribution in [1.29, 1.82) is 0 Å². The van der Waals surface area contributed by atoms with Gasteiger partial charge in [-0.25, -0.2) is 4.79 Å². The Bertz CT molecular complexity index is 844. The highest BCUT2D eigenvalue weighted by Gasteiger charge is 2.71. The molecule has 144 valence electrons. The number of terminal acetylenes is 1. The van der Waals surface area contributed by atoms with Crippen LogP contribution in [0.1, 0.15) is 76.5 Å². The van der Waals surface area contributed by atoms with E-state index in [1.807, 2.05) is 0 Å². The molecule has 0 heterocycles. The summed E-state index contributed by atoms with van der Waals surface area (Å²) in [6, 6.07) is 7.08. The van der Waals surface area contributed by atoms with Crippen LogP contribution in [0.3, 0.4) is 0 Å². The van der Waals surface area contributed by atoms with Gasteiger partial charge in [-0.05, 0) is 53.2 Å². The standard InChI is InChI=1S/C24H30O3/c1-7-20(25)27-24(26-6)13-12-23(15-19(23)24)16-8-9-17-18(14-16)22(4,5)11-10-21(17,2)3/h1,8-9,14,19H,10-13,15H2,2-6H3. The number of rotatable bonds is 3. The second-order valence-electron chi connectivity index (χ2n) is 9.99. The summed E-state index contributed by atoms with van der Waals surface area (Å²) in [5.74, 6) is 0.749. The minimum Gasteiger partial charge on any atom is -0.423 e. The predicted octanol–water partition coefficient (Wildman–Crippen LogP) is 4.61. The Morgan fingerprint density at radius 3 is 2.33 bits per heavy atom. The molecule has 0 spiro atoms. The predicted molar refractivity (Wildman–Crippen MR) is 105 cm³/mol. The van der Waals surface area contributed by atoms with Crippen LogP contribution in [0.15, 0.2) is 18.2 Å². The number of ether oxygens (including phenoxy) is 2. The summed E-state index contributed by atoms with van der Waals surface area (Å²) >= 11 is 0. The van der Waals surface area contributed by atoms with Crippen LogP contribution in [0.25, 0.3) is 0 Å². The molecule has 3 nitrogen and oxygen atoms in total. The van der Waals surface area contributed by atoms with Gasteiger partial charge < -0.3 is 9.47 Å². The van der Waals surface area contributed by atoms with Crippen molar-refractivity contribution in [2.24, 2.45) is 5.92 Å².